The molecule has 86 valence electrons. The van der Waals surface area contributed by atoms with Crippen LogP contribution in [0.25, 0.3) is 0 Å². The second-order valence-corrected chi connectivity index (χ2v) is 7.06. The minimum atomic E-state index is -0.256. The number of hydrogen-bond donors (Lipinski definition) is 1. The number of carbonyl (C=O) groups is 1. The van der Waals surface area contributed by atoms with E-state index in [9.17, 15) is 4.79 Å². The van der Waals surface area contributed by atoms with Crippen molar-refractivity contribution in [3.05, 3.63) is 20.8 Å². The largest absolute Gasteiger partial charge is 0.447 e. The molecule has 1 aromatic heterocycles. The van der Waals surface area contributed by atoms with E-state index in [-0.39, 0.29) is 11.6 Å². The van der Waals surface area contributed by atoms with Gasteiger partial charge in [0.2, 0.25) is 0 Å². The van der Waals surface area contributed by atoms with Crippen LogP contribution in [0.1, 0.15) is 30.1 Å². The van der Waals surface area contributed by atoms with Crippen LogP contribution in [0.4, 0.5) is 4.79 Å². The summed E-state index contributed by atoms with van der Waals surface area (Å²) in [6, 6.07) is 4.27. The molecule has 1 aromatic rings. The Balaban J connectivity index is 1.76. The van der Waals surface area contributed by atoms with Gasteiger partial charge < -0.3 is 10.1 Å². The van der Waals surface area contributed by atoms with Gasteiger partial charge in [0, 0.05) is 4.88 Å². The Morgan fingerprint density at radius 3 is 3.06 bits per heavy atom. The van der Waals surface area contributed by atoms with Gasteiger partial charge in [-0.1, -0.05) is 0 Å². The normalized spacial score (nSPS) is 33.1. The Labute approximate surface area is 106 Å². The molecule has 2 heterocycles. The van der Waals surface area contributed by atoms with Gasteiger partial charge in [-0.3, -0.25) is 0 Å². The van der Waals surface area contributed by atoms with Gasteiger partial charge in [-0.2, -0.15) is 0 Å². The summed E-state index contributed by atoms with van der Waals surface area (Å²) in [5.74, 6) is 0.568. The summed E-state index contributed by atoms with van der Waals surface area (Å²) in [5.41, 5.74) is -0.0851. The third-order valence-electron chi connectivity index (χ3n) is 3.45. The van der Waals surface area contributed by atoms with Gasteiger partial charge in [-0.15, -0.1) is 11.3 Å². The molecular formula is C11H12BrNO2S. The molecular weight excluding hydrogens is 290 g/mol. The van der Waals surface area contributed by atoms with Gasteiger partial charge in [-0.05, 0) is 53.2 Å². The quantitative estimate of drug-likeness (QED) is 0.864. The first kappa shape index (κ1) is 10.6. The van der Waals surface area contributed by atoms with Crippen LogP contribution < -0.4 is 5.32 Å². The van der Waals surface area contributed by atoms with E-state index >= 15 is 0 Å². The molecule has 0 aromatic carbocycles. The highest BCUT2D eigenvalue weighted by Gasteiger charge is 2.46. The third-order valence-corrected chi connectivity index (χ3v) is 5.24. The van der Waals surface area contributed by atoms with E-state index in [1.54, 1.807) is 11.3 Å². The molecule has 5 heteroatoms. The van der Waals surface area contributed by atoms with E-state index in [1.807, 2.05) is 0 Å². The fourth-order valence-corrected chi connectivity index (χ4v) is 4.21. The van der Waals surface area contributed by atoms with Crippen LogP contribution in [0.15, 0.2) is 15.9 Å². The van der Waals surface area contributed by atoms with Crippen molar-refractivity contribution in [2.75, 3.05) is 6.61 Å². The molecule has 2 aliphatic rings. The van der Waals surface area contributed by atoms with Crippen LogP contribution in [0, 0.1) is 0 Å². The summed E-state index contributed by atoms with van der Waals surface area (Å²) < 4.78 is 6.20. The number of ether oxygens (including phenoxy) is 1. The third kappa shape index (κ3) is 1.76. The summed E-state index contributed by atoms with van der Waals surface area (Å²) in [6.07, 6.45) is 2.91. The Hall–Kier alpha value is -0.550. The topological polar surface area (TPSA) is 38.3 Å². The summed E-state index contributed by atoms with van der Waals surface area (Å²) in [5, 5.41) is 2.97. The van der Waals surface area contributed by atoms with Crippen LogP contribution in [-0.2, 0) is 4.74 Å². The maximum Gasteiger partial charge on any atom is 0.407 e. The SMILES string of the molecule is O=C1N[C@@]2(CC[C@H](c3ccc(Br)s3)C2)CO1. The Kier molecular flexibility index (Phi) is 2.47. The molecule has 1 saturated heterocycles. The highest BCUT2D eigenvalue weighted by molar-refractivity contribution is 9.11. The molecule has 1 spiro atoms. The second kappa shape index (κ2) is 3.74. The van der Waals surface area contributed by atoms with Crippen molar-refractivity contribution < 1.29 is 9.53 Å². The molecule has 2 fully saturated rings. The summed E-state index contributed by atoms with van der Waals surface area (Å²) in [7, 11) is 0. The Morgan fingerprint density at radius 2 is 2.44 bits per heavy atom. The average molecular weight is 302 g/mol. The molecule has 2 atom stereocenters. The van der Waals surface area contributed by atoms with Crippen molar-refractivity contribution in [3.8, 4) is 0 Å². The number of carbonyl (C=O) groups excluding carboxylic acids is 1. The number of amides is 1. The van der Waals surface area contributed by atoms with Gasteiger partial charge in [0.1, 0.15) is 6.61 Å². The molecule has 3 nitrogen and oxygen atoms in total. The molecule has 0 unspecified atom stereocenters. The zero-order chi connectivity index (χ0) is 11.2. The molecule has 1 saturated carbocycles. The number of nitrogens with one attached hydrogen (secondary N) is 1. The average Bonchev–Trinajstić information content (AvgIpc) is 2.90. The lowest BCUT2D eigenvalue weighted by Crippen LogP contribution is -2.40. The zero-order valence-corrected chi connectivity index (χ0v) is 11.1. The maximum atomic E-state index is 11.1. The Bertz CT molecular complexity index is 433. The molecule has 1 aliphatic heterocycles. The van der Waals surface area contributed by atoms with Crippen LogP contribution in [0.3, 0.4) is 0 Å². The number of rotatable bonds is 1. The van der Waals surface area contributed by atoms with Gasteiger partial charge >= 0.3 is 6.09 Å². The first-order valence-electron chi connectivity index (χ1n) is 5.37. The van der Waals surface area contributed by atoms with Crippen LogP contribution in [0.2, 0.25) is 0 Å². The smallest absolute Gasteiger partial charge is 0.407 e. The van der Waals surface area contributed by atoms with Crippen molar-refractivity contribution in [2.24, 2.45) is 0 Å². The molecule has 3 rings (SSSR count). The molecule has 1 N–H and O–H groups in total. The molecule has 0 radical (unpaired) electrons. The van der Waals surface area contributed by atoms with Crippen molar-refractivity contribution >= 4 is 33.4 Å². The first-order chi connectivity index (χ1) is 7.67. The van der Waals surface area contributed by atoms with Crippen molar-refractivity contribution in [3.63, 3.8) is 0 Å². The van der Waals surface area contributed by atoms with E-state index < -0.39 is 0 Å². The fourth-order valence-electron chi connectivity index (χ4n) is 2.65. The predicted octanol–water partition coefficient (Wildman–Crippen LogP) is 3.26. The molecule has 1 aliphatic carbocycles. The second-order valence-electron chi connectivity index (χ2n) is 4.56. The van der Waals surface area contributed by atoms with Crippen molar-refractivity contribution in [2.45, 2.75) is 30.7 Å². The lowest BCUT2D eigenvalue weighted by Gasteiger charge is -2.19. The maximum absolute atomic E-state index is 11.1. The van der Waals surface area contributed by atoms with Gasteiger partial charge in [0.05, 0.1) is 9.33 Å². The number of cyclic esters (lactones) is 1. The zero-order valence-electron chi connectivity index (χ0n) is 8.66. The van der Waals surface area contributed by atoms with E-state index in [2.05, 4.69) is 33.4 Å². The lowest BCUT2D eigenvalue weighted by atomic mass is 9.97. The van der Waals surface area contributed by atoms with E-state index in [0.29, 0.717) is 12.5 Å². The van der Waals surface area contributed by atoms with Crippen molar-refractivity contribution in [1.82, 2.24) is 5.32 Å². The standard InChI is InChI=1S/C11H12BrNO2S/c12-9-2-1-8(16-9)7-3-4-11(5-7)6-15-10(14)13-11/h1-2,7H,3-6H2,(H,13,14)/t7-,11+/m0/s1. The summed E-state index contributed by atoms with van der Waals surface area (Å²) in [4.78, 5) is 12.5. The molecule has 0 bridgehead atoms. The summed E-state index contributed by atoms with van der Waals surface area (Å²) in [6.45, 7) is 0.537. The minimum absolute atomic E-state index is 0.0851. The number of thiophene rings is 1. The van der Waals surface area contributed by atoms with Gasteiger partial charge in [-0.25, -0.2) is 4.79 Å². The minimum Gasteiger partial charge on any atom is -0.447 e. The number of alkyl carbamates (subject to hydrolysis) is 1. The number of hydrogen-bond acceptors (Lipinski definition) is 3. The van der Waals surface area contributed by atoms with Crippen molar-refractivity contribution in [1.29, 1.82) is 0 Å². The lowest BCUT2D eigenvalue weighted by molar-refractivity contribution is 0.172. The van der Waals surface area contributed by atoms with Gasteiger partial charge in [0.25, 0.3) is 0 Å². The Morgan fingerprint density at radius 1 is 1.56 bits per heavy atom. The van der Waals surface area contributed by atoms with E-state index in [4.69, 9.17) is 4.74 Å². The highest BCUT2D eigenvalue weighted by Crippen LogP contribution is 2.45. The first-order valence-corrected chi connectivity index (χ1v) is 6.98. The van der Waals surface area contributed by atoms with E-state index in [1.165, 1.54) is 8.66 Å². The van der Waals surface area contributed by atoms with Crippen LogP contribution >= 0.6 is 27.3 Å². The predicted molar refractivity (Wildman–Crippen MR) is 65.8 cm³/mol. The highest BCUT2D eigenvalue weighted by atomic mass is 79.9. The number of halogens is 1. The molecule has 1 amide bonds. The molecule has 16 heavy (non-hydrogen) atoms. The fraction of sp³-hybridized carbons (Fsp3) is 0.545. The summed E-state index contributed by atoms with van der Waals surface area (Å²) >= 11 is 5.28. The van der Waals surface area contributed by atoms with Crippen LogP contribution in [0.5, 0.6) is 0 Å². The van der Waals surface area contributed by atoms with Crippen LogP contribution in [-0.4, -0.2) is 18.2 Å². The van der Waals surface area contributed by atoms with E-state index in [0.717, 1.165) is 19.3 Å². The monoisotopic (exact) mass is 301 g/mol. The van der Waals surface area contributed by atoms with Gasteiger partial charge in [0.15, 0.2) is 0 Å².